The van der Waals surface area contributed by atoms with Crippen LogP contribution < -0.4 is 22.3 Å². The lowest BCUT2D eigenvalue weighted by atomic mass is 10.2. The number of aryl methyl sites for hydroxylation is 1. The van der Waals surface area contributed by atoms with Crippen LogP contribution in [0, 0.1) is 0 Å². The molecule has 2 aromatic heterocycles. The van der Waals surface area contributed by atoms with Gasteiger partial charge in [-0.25, -0.2) is 13.9 Å². The zero-order valence-corrected chi connectivity index (χ0v) is 15.0. The summed E-state index contributed by atoms with van der Waals surface area (Å²) in [5.41, 5.74) is 4.60. The van der Waals surface area contributed by atoms with Crippen LogP contribution in [0.3, 0.4) is 0 Å². The number of nitrogens with one attached hydrogen (secondary N) is 1. The van der Waals surface area contributed by atoms with Gasteiger partial charge < -0.3 is 11.1 Å². The fraction of sp³-hybridized carbons (Fsp3) is 0.353. The summed E-state index contributed by atoms with van der Waals surface area (Å²) in [5.74, 6) is -0.889. The number of para-hydroxylation sites is 1. The Kier molecular flexibility index (Phi) is 4.80. The van der Waals surface area contributed by atoms with Crippen LogP contribution >= 0.6 is 0 Å². The number of hydrogen-bond acceptors (Lipinski definition) is 5. The van der Waals surface area contributed by atoms with Crippen molar-refractivity contribution < 1.29 is 9.59 Å². The van der Waals surface area contributed by atoms with Gasteiger partial charge >= 0.3 is 5.69 Å². The maximum Gasteiger partial charge on any atom is 0.352 e. The normalized spacial score (nSPS) is 11.4. The second-order valence-electron chi connectivity index (χ2n) is 6.49. The van der Waals surface area contributed by atoms with Crippen molar-refractivity contribution in [3.63, 3.8) is 0 Å². The largest absolute Gasteiger partial charge is 0.368 e. The summed E-state index contributed by atoms with van der Waals surface area (Å²) >= 11 is 0. The zero-order valence-electron chi connectivity index (χ0n) is 15.0. The van der Waals surface area contributed by atoms with Gasteiger partial charge in [0.15, 0.2) is 0 Å². The highest BCUT2D eigenvalue weighted by Gasteiger charge is 2.18. The van der Waals surface area contributed by atoms with E-state index in [-0.39, 0.29) is 36.3 Å². The molecule has 142 valence electrons. The third-order valence-corrected chi connectivity index (χ3v) is 4.00. The van der Waals surface area contributed by atoms with Crippen molar-refractivity contribution in [2.45, 2.75) is 39.4 Å². The van der Waals surface area contributed by atoms with Gasteiger partial charge in [-0.1, -0.05) is 12.1 Å². The minimum absolute atomic E-state index is 0.0248. The first-order chi connectivity index (χ1) is 12.8. The van der Waals surface area contributed by atoms with Gasteiger partial charge in [0.05, 0.1) is 10.9 Å². The lowest BCUT2D eigenvalue weighted by Crippen LogP contribution is -2.33. The number of benzene rings is 1. The predicted octanol–water partition coefficient (Wildman–Crippen LogP) is -0.789. The molecule has 3 N–H and O–H groups in total. The molecule has 3 aromatic rings. The van der Waals surface area contributed by atoms with Crippen molar-refractivity contribution in [2.75, 3.05) is 0 Å². The van der Waals surface area contributed by atoms with Gasteiger partial charge in [-0.2, -0.15) is 0 Å². The zero-order chi connectivity index (χ0) is 19.7. The van der Waals surface area contributed by atoms with Crippen LogP contribution in [0.5, 0.6) is 0 Å². The van der Waals surface area contributed by atoms with Gasteiger partial charge in [0.2, 0.25) is 17.6 Å². The molecule has 10 heteroatoms. The van der Waals surface area contributed by atoms with E-state index in [4.69, 9.17) is 5.73 Å². The first-order valence-corrected chi connectivity index (χ1v) is 8.48. The lowest BCUT2D eigenvalue weighted by Gasteiger charge is -2.11. The summed E-state index contributed by atoms with van der Waals surface area (Å²) in [4.78, 5) is 48.8. The second kappa shape index (κ2) is 7.06. The molecule has 0 saturated carbocycles. The van der Waals surface area contributed by atoms with Crippen LogP contribution in [0.2, 0.25) is 0 Å². The van der Waals surface area contributed by atoms with Crippen LogP contribution in [-0.2, 0) is 22.7 Å². The Labute approximate surface area is 153 Å². The fourth-order valence-corrected chi connectivity index (χ4v) is 2.93. The summed E-state index contributed by atoms with van der Waals surface area (Å²) in [5, 5.41) is 7.17. The number of primary amides is 1. The van der Waals surface area contributed by atoms with E-state index >= 15 is 0 Å². The van der Waals surface area contributed by atoms with Gasteiger partial charge in [-0.05, 0) is 26.0 Å². The van der Waals surface area contributed by atoms with Gasteiger partial charge in [-0.3, -0.25) is 19.0 Å². The van der Waals surface area contributed by atoms with Crippen LogP contribution in [0.1, 0.15) is 20.3 Å². The van der Waals surface area contributed by atoms with E-state index in [2.05, 4.69) is 10.4 Å². The van der Waals surface area contributed by atoms with Crippen molar-refractivity contribution in [2.24, 2.45) is 5.73 Å². The fourth-order valence-electron chi connectivity index (χ4n) is 2.93. The number of aromatic nitrogens is 4. The molecule has 2 heterocycles. The molecule has 0 unspecified atom stereocenters. The third kappa shape index (κ3) is 3.46. The topological polar surface area (TPSA) is 133 Å². The molecule has 0 fully saturated rings. The number of carbonyl (C=O) groups is 2. The molecular formula is C17H20N6O4. The van der Waals surface area contributed by atoms with Crippen molar-refractivity contribution in [1.29, 1.82) is 0 Å². The molecule has 0 spiro atoms. The minimum atomic E-state index is -0.727. The van der Waals surface area contributed by atoms with Crippen molar-refractivity contribution in [1.82, 2.24) is 24.1 Å². The molecular weight excluding hydrogens is 352 g/mol. The van der Waals surface area contributed by atoms with Crippen LogP contribution in [0.15, 0.2) is 33.9 Å². The Morgan fingerprint density at radius 3 is 2.59 bits per heavy atom. The van der Waals surface area contributed by atoms with Crippen LogP contribution in [0.4, 0.5) is 0 Å². The molecule has 1 aromatic carbocycles. The quantitative estimate of drug-likeness (QED) is 0.585. The molecule has 0 atom stereocenters. The first kappa shape index (κ1) is 18.4. The Bertz CT molecular complexity index is 1150. The Morgan fingerprint density at radius 2 is 1.93 bits per heavy atom. The highest BCUT2D eigenvalue weighted by Crippen LogP contribution is 2.11. The number of fused-ring (bicyclic) bond motifs is 3. The van der Waals surface area contributed by atoms with E-state index in [0.717, 1.165) is 4.68 Å². The maximum atomic E-state index is 12.9. The summed E-state index contributed by atoms with van der Waals surface area (Å²) < 4.78 is 3.43. The number of nitrogens with zero attached hydrogens (tertiary/aromatic N) is 4. The number of nitrogens with two attached hydrogens (primary N) is 1. The number of carbonyl (C=O) groups excluding carboxylic acids is 2. The average Bonchev–Trinajstić information content (AvgIpc) is 2.90. The van der Waals surface area contributed by atoms with Gasteiger partial charge in [0.25, 0.3) is 5.56 Å². The van der Waals surface area contributed by atoms with Crippen LogP contribution in [0.25, 0.3) is 16.7 Å². The molecule has 0 saturated heterocycles. The molecule has 3 rings (SSSR count). The van der Waals surface area contributed by atoms with E-state index in [1.54, 1.807) is 24.3 Å². The number of amides is 2. The average molecular weight is 372 g/mol. The smallest absolute Gasteiger partial charge is 0.352 e. The van der Waals surface area contributed by atoms with Crippen LogP contribution in [-0.4, -0.2) is 36.6 Å². The molecule has 0 aliphatic carbocycles. The summed E-state index contributed by atoms with van der Waals surface area (Å²) in [7, 11) is 0. The lowest BCUT2D eigenvalue weighted by molar-refractivity contribution is -0.122. The molecule has 0 aliphatic rings. The second-order valence-corrected chi connectivity index (χ2v) is 6.49. The Morgan fingerprint density at radius 1 is 1.22 bits per heavy atom. The van der Waals surface area contributed by atoms with Crippen molar-refractivity contribution in [3.8, 4) is 0 Å². The number of hydrogen-bond donors (Lipinski definition) is 2. The van der Waals surface area contributed by atoms with E-state index in [9.17, 15) is 19.2 Å². The summed E-state index contributed by atoms with van der Waals surface area (Å²) in [6.07, 6.45) is 0.0446. The van der Waals surface area contributed by atoms with E-state index in [1.807, 2.05) is 13.8 Å². The number of rotatable bonds is 6. The SMILES string of the molecule is CC(C)NC(=O)CCn1c(=O)c2ccccc2n2c(=O)n(CC(N)=O)nc12. The van der Waals surface area contributed by atoms with Gasteiger partial charge in [0, 0.05) is 19.0 Å². The monoisotopic (exact) mass is 372 g/mol. The maximum absolute atomic E-state index is 12.9. The molecule has 0 bridgehead atoms. The summed E-state index contributed by atoms with van der Waals surface area (Å²) in [6.45, 7) is 3.31. The molecule has 0 radical (unpaired) electrons. The third-order valence-electron chi connectivity index (χ3n) is 4.00. The Hall–Kier alpha value is -3.43. The van der Waals surface area contributed by atoms with E-state index in [0.29, 0.717) is 10.9 Å². The molecule has 0 aliphatic heterocycles. The van der Waals surface area contributed by atoms with E-state index in [1.165, 1.54) is 8.97 Å². The van der Waals surface area contributed by atoms with Gasteiger partial charge in [0.1, 0.15) is 6.54 Å². The predicted molar refractivity (Wildman–Crippen MR) is 98.3 cm³/mol. The Balaban J connectivity index is 2.20. The minimum Gasteiger partial charge on any atom is -0.368 e. The molecule has 27 heavy (non-hydrogen) atoms. The first-order valence-electron chi connectivity index (χ1n) is 8.48. The molecule has 10 nitrogen and oxygen atoms in total. The van der Waals surface area contributed by atoms with E-state index < -0.39 is 18.1 Å². The van der Waals surface area contributed by atoms with Gasteiger partial charge in [-0.15, -0.1) is 5.10 Å². The molecule has 2 amide bonds. The summed E-state index contributed by atoms with van der Waals surface area (Å²) in [6, 6.07) is 6.57. The van der Waals surface area contributed by atoms with Crippen molar-refractivity contribution in [3.05, 3.63) is 45.1 Å². The highest BCUT2D eigenvalue weighted by atomic mass is 16.2. The standard InChI is InChI=1S/C17H20N6O4/c1-10(2)19-14(25)7-8-21-15(26)11-5-3-4-6-12(11)23-16(21)20-22(17(23)27)9-13(18)24/h3-6,10H,7-9H2,1-2H3,(H2,18,24)(H,19,25). The van der Waals surface area contributed by atoms with Crippen molar-refractivity contribution >= 4 is 28.5 Å². The highest BCUT2D eigenvalue weighted by molar-refractivity contribution is 5.80.